The number of benzene rings is 2. The molecule has 0 unspecified atom stereocenters. The minimum absolute atomic E-state index is 0.0566. The maximum absolute atomic E-state index is 12.3. The number of nitrogens with zero attached hydrogens (tertiary/aromatic N) is 2. The SMILES string of the molecule is CC(=O)N1CCc2cc(-c3csc(NC(=O)c4cccc(Cl)c4)n3)ccc21. The number of hydrogen-bond donors (Lipinski definition) is 1. The molecule has 0 radical (unpaired) electrons. The van der Waals surface area contributed by atoms with Gasteiger partial charge in [0.25, 0.3) is 5.91 Å². The van der Waals surface area contributed by atoms with E-state index < -0.39 is 0 Å². The summed E-state index contributed by atoms with van der Waals surface area (Å²) >= 11 is 7.30. The number of carbonyl (C=O) groups excluding carboxylic acids is 2. The van der Waals surface area contributed by atoms with Crippen molar-refractivity contribution in [2.24, 2.45) is 0 Å². The summed E-state index contributed by atoms with van der Waals surface area (Å²) in [4.78, 5) is 30.3. The summed E-state index contributed by atoms with van der Waals surface area (Å²) in [5, 5.41) is 5.76. The Morgan fingerprint density at radius 3 is 2.85 bits per heavy atom. The van der Waals surface area contributed by atoms with Crippen LogP contribution in [0.1, 0.15) is 22.8 Å². The van der Waals surface area contributed by atoms with Crippen LogP contribution in [0.5, 0.6) is 0 Å². The molecule has 0 aliphatic carbocycles. The van der Waals surface area contributed by atoms with Crippen LogP contribution >= 0.6 is 22.9 Å². The molecule has 2 aromatic carbocycles. The quantitative estimate of drug-likeness (QED) is 0.701. The van der Waals surface area contributed by atoms with Crippen molar-refractivity contribution in [2.75, 3.05) is 16.8 Å². The molecule has 0 saturated heterocycles. The van der Waals surface area contributed by atoms with Crippen LogP contribution in [-0.2, 0) is 11.2 Å². The number of rotatable bonds is 3. The first-order valence-electron chi connectivity index (χ1n) is 8.45. The normalized spacial score (nSPS) is 12.7. The Hall–Kier alpha value is -2.70. The van der Waals surface area contributed by atoms with Gasteiger partial charge in [0.15, 0.2) is 5.13 Å². The second-order valence-corrected chi connectivity index (χ2v) is 7.56. The molecule has 0 spiro atoms. The summed E-state index contributed by atoms with van der Waals surface area (Å²) in [6, 6.07) is 12.8. The Kier molecular flexibility index (Phi) is 4.68. The van der Waals surface area contributed by atoms with Crippen molar-refractivity contribution in [1.82, 2.24) is 4.98 Å². The van der Waals surface area contributed by atoms with Crippen LogP contribution in [0, 0.1) is 0 Å². The fraction of sp³-hybridized carbons (Fsp3) is 0.150. The Bertz CT molecular complexity index is 1050. The predicted octanol–water partition coefficient (Wildman–Crippen LogP) is 4.62. The van der Waals surface area contributed by atoms with Gasteiger partial charge in [0.05, 0.1) is 5.69 Å². The Morgan fingerprint density at radius 2 is 2.07 bits per heavy atom. The van der Waals surface area contributed by atoms with Crippen molar-refractivity contribution in [3.8, 4) is 11.3 Å². The lowest BCUT2D eigenvalue weighted by atomic mass is 10.1. The second kappa shape index (κ2) is 7.13. The highest BCUT2D eigenvalue weighted by Crippen LogP contribution is 2.33. The number of halogens is 1. The van der Waals surface area contributed by atoms with Crippen LogP contribution in [0.4, 0.5) is 10.8 Å². The molecule has 1 aliphatic rings. The van der Waals surface area contributed by atoms with Gasteiger partial charge in [0, 0.05) is 40.7 Å². The second-order valence-electron chi connectivity index (χ2n) is 6.27. The highest BCUT2D eigenvalue weighted by Gasteiger charge is 2.22. The van der Waals surface area contributed by atoms with E-state index in [9.17, 15) is 9.59 Å². The number of fused-ring (bicyclic) bond motifs is 1. The highest BCUT2D eigenvalue weighted by molar-refractivity contribution is 7.14. The molecular weight excluding hydrogens is 382 g/mol. The summed E-state index contributed by atoms with van der Waals surface area (Å²) in [6.45, 7) is 2.30. The third-order valence-electron chi connectivity index (χ3n) is 4.46. The van der Waals surface area contributed by atoms with E-state index in [0.717, 1.165) is 28.9 Å². The molecule has 4 rings (SSSR count). The van der Waals surface area contributed by atoms with Crippen LogP contribution in [-0.4, -0.2) is 23.3 Å². The molecule has 7 heteroatoms. The van der Waals surface area contributed by atoms with Gasteiger partial charge in [-0.15, -0.1) is 11.3 Å². The fourth-order valence-corrected chi connectivity index (χ4v) is 4.06. The van der Waals surface area contributed by atoms with E-state index in [-0.39, 0.29) is 11.8 Å². The largest absolute Gasteiger partial charge is 0.312 e. The minimum Gasteiger partial charge on any atom is -0.312 e. The van der Waals surface area contributed by atoms with Gasteiger partial charge in [-0.1, -0.05) is 23.7 Å². The first-order valence-corrected chi connectivity index (χ1v) is 9.71. The molecule has 27 heavy (non-hydrogen) atoms. The standard InChI is InChI=1S/C20H16ClN3O2S/c1-12(25)24-8-7-14-9-13(5-6-18(14)24)17-11-27-20(22-17)23-19(26)15-3-2-4-16(21)10-15/h2-6,9-11H,7-8H2,1H3,(H,22,23,26). The third-order valence-corrected chi connectivity index (χ3v) is 5.46. The number of thiazole rings is 1. The topological polar surface area (TPSA) is 62.3 Å². The van der Waals surface area contributed by atoms with Crippen LogP contribution in [0.2, 0.25) is 5.02 Å². The van der Waals surface area contributed by atoms with Crippen LogP contribution < -0.4 is 10.2 Å². The molecule has 3 aromatic rings. The zero-order chi connectivity index (χ0) is 19.0. The van der Waals surface area contributed by atoms with E-state index in [2.05, 4.69) is 16.4 Å². The Labute approximate surface area is 165 Å². The summed E-state index contributed by atoms with van der Waals surface area (Å²) in [6.07, 6.45) is 0.839. The van der Waals surface area contributed by atoms with E-state index >= 15 is 0 Å². The maximum atomic E-state index is 12.3. The molecular formula is C20H16ClN3O2S. The number of amides is 2. The van der Waals surface area contributed by atoms with E-state index in [1.165, 1.54) is 11.3 Å². The van der Waals surface area contributed by atoms with Gasteiger partial charge >= 0.3 is 0 Å². The van der Waals surface area contributed by atoms with Gasteiger partial charge in [0.2, 0.25) is 5.91 Å². The monoisotopic (exact) mass is 397 g/mol. The average molecular weight is 398 g/mol. The lowest BCUT2D eigenvalue weighted by Gasteiger charge is -2.14. The predicted molar refractivity (Wildman–Crippen MR) is 109 cm³/mol. The zero-order valence-electron chi connectivity index (χ0n) is 14.5. The van der Waals surface area contributed by atoms with Crippen molar-refractivity contribution < 1.29 is 9.59 Å². The Balaban J connectivity index is 1.53. The number of anilines is 2. The van der Waals surface area contributed by atoms with Crippen LogP contribution in [0.15, 0.2) is 47.8 Å². The molecule has 2 heterocycles. The summed E-state index contributed by atoms with van der Waals surface area (Å²) in [5.41, 5.74) is 4.36. The summed E-state index contributed by atoms with van der Waals surface area (Å²) in [5.74, 6) is -0.189. The maximum Gasteiger partial charge on any atom is 0.257 e. The van der Waals surface area contributed by atoms with Crippen molar-refractivity contribution >= 4 is 45.6 Å². The molecule has 5 nitrogen and oxygen atoms in total. The lowest BCUT2D eigenvalue weighted by Crippen LogP contribution is -2.25. The molecule has 1 aromatic heterocycles. The Morgan fingerprint density at radius 1 is 1.22 bits per heavy atom. The third kappa shape index (κ3) is 3.59. The summed E-state index contributed by atoms with van der Waals surface area (Å²) < 4.78 is 0. The average Bonchev–Trinajstić information content (AvgIpc) is 3.27. The van der Waals surface area contributed by atoms with E-state index in [1.807, 2.05) is 17.5 Å². The minimum atomic E-state index is -0.246. The van der Waals surface area contributed by atoms with Crippen LogP contribution in [0.25, 0.3) is 11.3 Å². The van der Waals surface area contributed by atoms with Gasteiger partial charge in [-0.05, 0) is 42.3 Å². The van der Waals surface area contributed by atoms with Crippen molar-refractivity contribution in [3.05, 3.63) is 64.0 Å². The van der Waals surface area contributed by atoms with Crippen molar-refractivity contribution in [2.45, 2.75) is 13.3 Å². The molecule has 0 fully saturated rings. The molecule has 0 bridgehead atoms. The number of nitrogens with one attached hydrogen (secondary N) is 1. The summed E-state index contributed by atoms with van der Waals surface area (Å²) in [7, 11) is 0. The van der Waals surface area contributed by atoms with Gasteiger partial charge in [-0.25, -0.2) is 4.98 Å². The molecule has 1 N–H and O–H groups in total. The smallest absolute Gasteiger partial charge is 0.257 e. The van der Waals surface area contributed by atoms with Gasteiger partial charge < -0.3 is 4.90 Å². The molecule has 136 valence electrons. The fourth-order valence-electron chi connectivity index (χ4n) is 3.15. The number of hydrogen-bond acceptors (Lipinski definition) is 4. The molecule has 0 atom stereocenters. The molecule has 2 amide bonds. The first kappa shape index (κ1) is 17.7. The van der Waals surface area contributed by atoms with E-state index in [4.69, 9.17) is 11.6 Å². The van der Waals surface area contributed by atoms with E-state index in [1.54, 1.807) is 36.1 Å². The highest BCUT2D eigenvalue weighted by atomic mass is 35.5. The van der Waals surface area contributed by atoms with Gasteiger partial charge in [0.1, 0.15) is 0 Å². The van der Waals surface area contributed by atoms with E-state index in [0.29, 0.717) is 22.3 Å². The van der Waals surface area contributed by atoms with Crippen molar-refractivity contribution in [3.63, 3.8) is 0 Å². The first-order chi connectivity index (χ1) is 13.0. The van der Waals surface area contributed by atoms with Crippen LogP contribution in [0.3, 0.4) is 0 Å². The van der Waals surface area contributed by atoms with Gasteiger partial charge in [-0.2, -0.15) is 0 Å². The number of carbonyl (C=O) groups is 2. The van der Waals surface area contributed by atoms with Gasteiger partial charge in [-0.3, -0.25) is 14.9 Å². The zero-order valence-corrected chi connectivity index (χ0v) is 16.1. The molecule has 0 saturated carbocycles. The number of aromatic nitrogens is 1. The lowest BCUT2D eigenvalue weighted by molar-refractivity contribution is -0.116. The molecule has 1 aliphatic heterocycles. The van der Waals surface area contributed by atoms with Crippen molar-refractivity contribution in [1.29, 1.82) is 0 Å².